The fraction of sp³-hybridized carbons (Fsp3) is 0.125. The van der Waals surface area contributed by atoms with Crippen molar-refractivity contribution in [2.75, 3.05) is 6.61 Å². The minimum Gasteiger partial charge on any atom is -0.490 e. The van der Waals surface area contributed by atoms with Crippen LogP contribution < -0.4 is 9.47 Å². The number of benzene rings is 2. The molecule has 0 unspecified atom stereocenters. The third kappa shape index (κ3) is 4.07. The maximum absolute atomic E-state index is 12.2. The Morgan fingerprint density at radius 2 is 2.08 bits per heavy atom. The van der Waals surface area contributed by atoms with E-state index in [1.54, 1.807) is 19.1 Å². The molecular weight excluding hydrogens is 316 g/mol. The Hall–Kier alpha value is -3.42. The minimum absolute atomic E-state index is 0.0487. The molecule has 24 heavy (non-hydrogen) atoms. The number of nitro groups is 1. The second-order valence-corrected chi connectivity index (χ2v) is 4.58. The second-order valence-electron chi connectivity index (χ2n) is 4.58. The molecule has 124 valence electrons. The number of non-ortho nitro benzene ring substituents is 1. The Bertz CT molecular complexity index is 788. The van der Waals surface area contributed by atoms with Crippen LogP contribution in [0.3, 0.4) is 0 Å². The third-order valence-electron chi connectivity index (χ3n) is 2.97. The summed E-state index contributed by atoms with van der Waals surface area (Å²) in [6.45, 7) is 2.10. The Morgan fingerprint density at radius 1 is 1.29 bits per heavy atom. The van der Waals surface area contributed by atoms with Crippen LogP contribution in [0, 0.1) is 10.1 Å². The number of hydrogen-bond donors (Lipinski definition) is 1. The van der Waals surface area contributed by atoms with Crippen molar-refractivity contribution in [1.29, 1.82) is 0 Å². The number of carbonyl (C=O) groups is 1. The fourth-order valence-corrected chi connectivity index (χ4v) is 1.93. The fourth-order valence-electron chi connectivity index (χ4n) is 1.93. The molecular formula is C16H14N2O6. The van der Waals surface area contributed by atoms with Gasteiger partial charge in [-0.2, -0.15) is 0 Å². The lowest BCUT2D eigenvalue weighted by molar-refractivity contribution is -0.384. The topological polar surface area (TPSA) is 111 Å². The number of nitrogens with zero attached hydrogens (tertiary/aromatic N) is 2. The Kier molecular flexibility index (Phi) is 5.45. The van der Waals surface area contributed by atoms with E-state index in [0.717, 1.165) is 6.07 Å². The van der Waals surface area contributed by atoms with E-state index in [1.807, 2.05) is 0 Å². The minimum atomic E-state index is -0.747. The third-order valence-corrected chi connectivity index (χ3v) is 2.97. The van der Waals surface area contributed by atoms with Gasteiger partial charge in [0.15, 0.2) is 11.5 Å². The van der Waals surface area contributed by atoms with Crippen LogP contribution in [-0.2, 0) is 0 Å². The molecule has 0 heterocycles. The first kappa shape index (κ1) is 16.9. The van der Waals surface area contributed by atoms with Crippen molar-refractivity contribution >= 4 is 17.9 Å². The van der Waals surface area contributed by atoms with Crippen molar-refractivity contribution in [1.82, 2.24) is 0 Å². The zero-order valence-electron chi connectivity index (χ0n) is 12.7. The van der Waals surface area contributed by atoms with Gasteiger partial charge in [-0.15, -0.1) is 0 Å². The van der Waals surface area contributed by atoms with E-state index in [4.69, 9.17) is 14.7 Å². The van der Waals surface area contributed by atoms with Crippen molar-refractivity contribution in [3.8, 4) is 11.5 Å². The number of ether oxygens (including phenoxy) is 2. The van der Waals surface area contributed by atoms with E-state index in [9.17, 15) is 14.9 Å². The SMILES string of the molecule is CCOc1cc(C=NO)ccc1OC(=O)c1cccc([N+](=O)[O-])c1. The number of oxime groups is 1. The molecule has 0 aliphatic heterocycles. The van der Waals surface area contributed by atoms with Crippen LogP contribution in [0.25, 0.3) is 0 Å². The summed E-state index contributed by atoms with van der Waals surface area (Å²) in [5.41, 5.74) is 0.396. The summed E-state index contributed by atoms with van der Waals surface area (Å²) in [7, 11) is 0. The maximum atomic E-state index is 12.2. The molecule has 0 aromatic heterocycles. The van der Waals surface area contributed by atoms with Crippen LogP contribution in [0.1, 0.15) is 22.8 Å². The largest absolute Gasteiger partial charge is 0.490 e. The number of nitro benzene ring substituents is 1. The van der Waals surface area contributed by atoms with Gasteiger partial charge in [-0.3, -0.25) is 10.1 Å². The van der Waals surface area contributed by atoms with Crippen LogP contribution in [0.2, 0.25) is 0 Å². The van der Waals surface area contributed by atoms with Gasteiger partial charge in [0.25, 0.3) is 5.69 Å². The molecule has 0 saturated heterocycles. The molecule has 2 rings (SSSR count). The van der Waals surface area contributed by atoms with Crippen molar-refractivity contribution in [3.63, 3.8) is 0 Å². The summed E-state index contributed by atoms with van der Waals surface area (Å²) in [6, 6.07) is 9.83. The second kappa shape index (κ2) is 7.73. The number of rotatable bonds is 6. The van der Waals surface area contributed by atoms with Gasteiger partial charge in [-0.25, -0.2) is 4.79 Å². The van der Waals surface area contributed by atoms with Crippen LogP contribution in [-0.4, -0.2) is 28.9 Å². The van der Waals surface area contributed by atoms with Crippen molar-refractivity contribution in [3.05, 3.63) is 63.7 Å². The first-order valence-corrected chi connectivity index (χ1v) is 6.96. The average molecular weight is 330 g/mol. The standard InChI is InChI=1S/C16H14N2O6/c1-2-23-15-8-11(10-17-20)6-7-14(15)24-16(19)12-4-3-5-13(9-12)18(21)22/h3-10,20H,2H2,1H3. The highest BCUT2D eigenvalue weighted by Crippen LogP contribution is 2.29. The lowest BCUT2D eigenvalue weighted by Crippen LogP contribution is -2.10. The van der Waals surface area contributed by atoms with Gasteiger partial charge in [-0.05, 0) is 31.2 Å². The predicted molar refractivity (Wildman–Crippen MR) is 85.0 cm³/mol. The smallest absolute Gasteiger partial charge is 0.343 e. The van der Waals surface area contributed by atoms with Gasteiger partial charge in [0.1, 0.15) is 0 Å². The van der Waals surface area contributed by atoms with E-state index in [1.165, 1.54) is 30.5 Å². The molecule has 0 spiro atoms. The zero-order valence-corrected chi connectivity index (χ0v) is 12.7. The first-order chi connectivity index (χ1) is 11.5. The molecule has 0 aliphatic rings. The van der Waals surface area contributed by atoms with E-state index < -0.39 is 10.9 Å². The molecule has 8 heteroatoms. The van der Waals surface area contributed by atoms with Crippen LogP contribution in [0.15, 0.2) is 47.6 Å². The van der Waals surface area contributed by atoms with E-state index >= 15 is 0 Å². The van der Waals surface area contributed by atoms with E-state index in [2.05, 4.69) is 5.16 Å². The molecule has 1 N–H and O–H groups in total. The normalized spacial score (nSPS) is 10.5. The zero-order chi connectivity index (χ0) is 17.5. The monoisotopic (exact) mass is 330 g/mol. The highest BCUT2D eigenvalue weighted by Gasteiger charge is 2.16. The van der Waals surface area contributed by atoms with Gasteiger partial charge < -0.3 is 14.7 Å². The van der Waals surface area contributed by atoms with Gasteiger partial charge in [0.2, 0.25) is 0 Å². The van der Waals surface area contributed by atoms with Crippen LogP contribution in [0.4, 0.5) is 5.69 Å². The number of carbonyl (C=O) groups excluding carboxylic acids is 1. The summed E-state index contributed by atoms with van der Waals surface area (Å²) in [4.78, 5) is 22.4. The molecule has 8 nitrogen and oxygen atoms in total. The van der Waals surface area contributed by atoms with Gasteiger partial charge in [-0.1, -0.05) is 11.2 Å². The Labute approximate surface area is 137 Å². The summed E-state index contributed by atoms with van der Waals surface area (Å²) >= 11 is 0. The molecule has 0 atom stereocenters. The quantitative estimate of drug-likeness (QED) is 0.218. The first-order valence-electron chi connectivity index (χ1n) is 6.96. The molecule has 0 fully saturated rings. The number of hydrogen-bond acceptors (Lipinski definition) is 7. The van der Waals surface area contributed by atoms with Gasteiger partial charge in [0, 0.05) is 17.7 Å². The summed E-state index contributed by atoms with van der Waals surface area (Å²) in [5, 5.41) is 22.3. The lowest BCUT2D eigenvalue weighted by Gasteiger charge is -2.11. The Balaban J connectivity index is 2.27. The summed E-state index contributed by atoms with van der Waals surface area (Å²) in [6.07, 6.45) is 1.20. The average Bonchev–Trinajstić information content (AvgIpc) is 2.57. The lowest BCUT2D eigenvalue weighted by atomic mass is 10.2. The van der Waals surface area contributed by atoms with E-state index in [-0.39, 0.29) is 22.7 Å². The molecule has 0 bridgehead atoms. The number of esters is 1. The van der Waals surface area contributed by atoms with Crippen molar-refractivity contribution in [2.45, 2.75) is 6.92 Å². The molecule has 0 amide bonds. The van der Waals surface area contributed by atoms with Crippen molar-refractivity contribution in [2.24, 2.45) is 5.16 Å². The molecule has 0 radical (unpaired) electrons. The van der Waals surface area contributed by atoms with Gasteiger partial charge in [0.05, 0.1) is 23.3 Å². The Morgan fingerprint density at radius 3 is 2.75 bits per heavy atom. The highest BCUT2D eigenvalue weighted by molar-refractivity contribution is 5.92. The molecule has 2 aromatic carbocycles. The van der Waals surface area contributed by atoms with E-state index in [0.29, 0.717) is 12.2 Å². The van der Waals surface area contributed by atoms with Crippen LogP contribution in [0.5, 0.6) is 11.5 Å². The molecule has 2 aromatic rings. The maximum Gasteiger partial charge on any atom is 0.343 e. The van der Waals surface area contributed by atoms with Crippen molar-refractivity contribution < 1.29 is 24.4 Å². The predicted octanol–water partition coefficient (Wildman–Crippen LogP) is 3.02. The van der Waals surface area contributed by atoms with Crippen LogP contribution >= 0.6 is 0 Å². The molecule has 0 aliphatic carbocycles. The van der Waals surface area contributed by atoms with Gasteiger partial charge >= 0.3 is 5.97 Å². The highest BCUT2D eigenvalue weighted by atomic mass is 16.6. The molecule has 0 saturated carbocycles. The summed E-state index contributed by atoms with van der Waals surface area (Å²) < 4.78 is 10.7. The summed E-state index contributed by atoms with van der Waals surface area (Å²) in [5.74, 6) is -0.305.